The predicted octanol–water partition coefficient (Wildman–Crippen LogP) is 4.95. The van der Waals surface area contributed by atoms with Crippen molar-refractivity contribution in [3.05, 3.63) is 110 Å². The molecule has 0 amide bonds. The number of hydrogen-bond donors (Lipinski definition) is 3. The maximum atomic E-state index is 12.9. The Morgan fingerprint density at radius 1 is 1.00 bits per heavy atom. The van der Waals surface area contributed by atoms with Crippen LogP contribution >= 0.6 is 23.4 Å². The minimum absolute atomic E-state index is 0.0827. The number of aromatic amines is 1. The van der Waals surface area contributed by atoms with Crippen molar-refractivity contribution in [1.29, 1.82) is 0 Å². The van der Waals surface area contributed by atoms with E-state index in [2.05, 4.69) is 4.98 Å². The third-order valence-electron chi connectivity index (χ3n) is 5.47. The highest BCUT2D eigenvalue weighted by atomic mass is 35.5. The molecular formula is C25H18ClN3O4S. The molecule has 9 heteroatoms. The van der Waals surface area contributed by atoms with Crippen molar-refractivity contribution in [2.45, 2.75) is 16.6 Å². The number of aliphatic imine (C=N–C) groups is 1. The number of para-hydroxylation sites is 1. The van der Waals surface area contributed by atoms with Crippen LogP contribution in [0.2, 0.25) is 5.02 Å². The largest absolute Gasteiger partial charge is 0.508 e. The highest BCUT2D eigenvalue weighted by molar-refractivity contribution is 7.99. The molecule has 0 bridgehead atoms. The second kappa shape index (κ2) is 8.89. The third kappa shape index (κ3) is 4.13. The molecule has 1 atom stereocenters. The molecule has 1 aliphatic heterocycles. The summed E-state index contributed by atoms with van der Waals surface area (Å²) in [6.45, 7) is 0. The summed E-state index contributed by atoms with van der Waals surface area (Å²) in [5.41, 5.74) is 0.632. The van der Waals surface area contributed by atoms with Gasteiger partial charge in [-0.2, -0.15) is 0 Å². The SMILES string of the molecule is O=c1[nH]c(=O)n(-c2cccc(Cl)c2)c(O)c1C1=Nc2ccccc2SC(c2ccc(O)cc2)C1. The van der Waals surface area contributed by atoms with Crippen LogP contribution in [-0.4, -0.2) is 25.5 Å². The maximum absolute atomic E-state index is 12.9. The van der Waals surface area contributed by atoms with Crippen molar-refractivity contribution in [2.75, 3.05) is 0 Å². The minimum atomic E-state index is -0.785. The molecule has 2 heterocycles. The van der Waals surface area contributed by atoms with Crippen LogP contribution in [0.3, 0.4) is 0 Å². The quantitative estimate of drug-likeness (QED) is 0.376. The summed E-state index contributed by atoms with van der Waals surface area (Å²) in [6.07, 6.45) is 0.300. The number of rotatable bonds is 3. The fourth-order valence-corrected chi connectivity index (χ4v) is 5.30. The summed E-state index contributed by atoms with van der Waals surface area (Å²) in [4.78, 5) is 33.5. The van der Waals surface area contributed by atoms with E-state index >= 15 is 0 Å². The second-order valence-electron chi connectivity index (χ2n) is 7.70. The highest BCUT2D eigenvalue weighted by Crippen LogP contribution is 2.46. The summed E-state index contributed by atoms with van der Waals surface area (Å²) in [7, 11) is 0. The lowest BCUT2D eigenvalue weighted by molar-refractivity contribution is 0.429. The number of nitrogens with zero attached hydrogens (tertiary/aromatic N) is 2. The first-order chi connectivity index (χ1) is 16.4. The van der Waals surface area contributed by atoms with Gasteiger partial charge in [0.15, 0.2) is 0 Å². The van der Waals surface area contributed by atoms with Crippen LogP contribution in [0.25, 0.3) is 5.69 Å². The molecule has 1 aromatic heterocycles. The Morgan fingerprint density at radius 3 is 2.53 bits per heavy atom. The Morgan fingerprint density at radius 2 is 1.76 bits per heavy atom. The average molecular weight is 492 g/mol. The lowest BCUT2D eigenvalue weighted by Gasteiger charge is -2.17. The van der Waals surface area contributed by atoms with E-state index in [4.69, 9.17) is 16.6 Å². The average Bonchev–Trinajstić information content (AvgIpc) is 2.99. The predicted molar refractivity (Wildman–Crippen MR) is 133 cm³/mol. The normalized spacial score (nSPS) is 15.3. The number of hydrogen-bond acceptors (Lipinski definition) is 6. The summed E-state index contributed by atoms with van der Waals surface area (Å²) >= 11 is 7.66. The van der Waals surface area contributed by atoms with E-state index in [1.807, 2.05) is 36.4 Å². The van der Waals surface area contributed by atoms with E-state index in [1.165, 1.54) is 6.07 Å². The molecule has 0 spiro atoms. The third-order valence-corrected chi connectivity index (χ3v) is 7.03. The number of aromatic nitrogens is 2. The van der Waals surface area contributed by atoms with Crippen molar-refractivity contribution in [3.63, 3.8) is 0 Å². The molecule has 5 rings (SSSR count). The van der Waals surface area contributed by atoms with Crippen LogP contribution in [0.15, 0.2) is 92.3 Å². The molecule has 170 valence electrons. The fourth-order valence-electron chi connectivity index (χ4n) is 3.88. The Labute approximate surface area is 203 Å². The van der Waals surface area contributed by atoms with Gasteiger partial charge in [0.2, 0.25) is 5.88 Å². The molecular weight excluding hydrogens is 474 g/mol. The zero-order valence-electron chi connectivity index (χ0n) is 17.6. The molecule has 34 heavy (non-hydrogen) atoms. The second-order valence-corrected chi connectivity index (χ2v) is 9.38. The topological polar surface area (TPSA) is 108 Å². The van der Waals surface area contributed by atoms with Gasteiger partial charge in [-0.1, -0.05) is 41.9 Å². The Bertz CT molecular complexity index is 1540. The minimum Gasteiger partial charge on any atom is -0.508 e. The number of nitrogens with one attached hydrogen (secondary N) is 1. The smallest absolute Gasteiger partial charge is 0.335 e. The zero-order valence-corrected chi connectivity index (χ0v) is 19.2. The number of benzene rings is 3. The van der Waals surface area contributed by atoms with Gasteiger partial charge in [0.05, 0.1) is 17.1 Å². The monoisotopic (exact) mass is 491 g/mol. The molecule has 0 radical (unpaired) electrons. The zero-order chi connectivity index (χ0) is 23.8. The standard InChI is InChI=1S/C25H18ClN3O4S/c26-15-4-3-5-16(12-15)29-24(32)22(23(31)28-25(29)33)19-13-21(14-8-10-17(30)11-9-14)34-20-7-2-1-6-18(20)27-19/h1-12,21,30,32H,13H2,(H,28,31,33). The van der Waals surface area contributed by atoms with Gasteiger partial charge in [-0.3, -0.25) is 14.8 Å². The number of fused-ring (bicyclic) bond motifs is 1. The van der Waals surface area contributed by atoms with Gasteiger partial charge in [-0.25, -0.2) is 9.36 Å². The van der Waals surface area contributed by atoms with Crippen LogP contribution in [0.5, 0.6) is 11.6 Å². The molecule has 4 aromatic rings. The molecule has 0 saturated carbocycles. The molecule has 3 N–H and O–H groups in total. The first-order valence-electron chi connectivity index (χ1n) is 10.4. The van der Waals surface area contributed by atoms with E-state index in [1.54, 1.807) is 42.1 Å². The number of phenols is 1. The van der Waals surface area contributed by atoms with Gasteiger partial charge in [0, 0.05) is 21.6 Å². The molecule has 0 fully saturated rings. The van der Waals surface area contributed by atoms with E-state index < -0.39 is 17.1 Å². The van der Waals surface area contributed by atoms with E-state index in [9.17, 15) is 19.8 Å². The molecule has 0 aliphatic carbocycles. The maximum Gasteiger partial charge on any atom is 0.335 e. The number of phenolic OH excluding ortho intramolecular Hbond substituents is 1. The number of aromatic hydroxyl groups is 2. The van der Waals surface area contributed by atoms with Crippen LogP contribution in [0.4, 0.5) is 5.69 Å². The molecule has 3 aromatic carbocycles. The van der Waals surface area contributed by atoms with E-state index in [0.717, 1.165) is 15.0 Å². The van der Waals surface area contributed by atoms with E-state index in [-0.39, 0.29) is 16.6 Å². The van der Waals surface area contributed by atoms with Crippen molar-refractivity contribution >= 4 is 34.8 Å². The van der Waals surface area contributed by atoms with Gasteiger partial charge >= 0.3 is 5.69 Å². The van der Waals surface area contributed by atoms with E-state index in [0.29, 0.717) is 28.5 Å². The number of thioether (sulfide) groups is 1. The van der Waals surface area contributed by atoms with Crippen LogP contribution < -0.4 is 11.2 Å². The van der Waals surface area contributed by atoms with Gasteiger partial charge in [0.25, 0.3) is 5.56 Å². The Balaban J connectivity index is 1.71. The van der Waals surface area contributed by atoms with Crippen molar-refractivity contribution in [3.8, 4) is 17.3 Å². The molecule has 1 unspecified atom stereocenters. The highest BCUT2D eigenvalue weighted by Gasteiger charge is 2.27. The van der Waals surface area contributed by atoms with Gasteiger partial charge in [0.1, 0.15) is 11.3 Å². The summed E-state index contributed by atoms with van der Waals surface area (Å²) in [5, 5.41) is 21.1. The van der Waals surface area contributed by atoms with Crippen LogP contribution in [0, 0.1) is 0 Å². The number of H-pyrrole nitrogens is 1. The molecule has 0 saturated heterocycles. The summed E-state index contributed by atoms with van der Waals surface area (Å²) < 4.78 is 1.00. The van der Waals surface area contributed by atoms with Crippen molar-refractivity contribution < 1.29 is 10.2 Å². The lowest BCUT2D eigenvalue weighted by atomic mass is 10.0. The summed E-state index contributed by atoms with van der Waals surface area (Å²) in [5.74, 6) is -0.358. The van der Waals surface area contributed by atoms with Gasteiger partial charge < -0.3 is 10.2 Å². The van der Waals surface area contributed by atoms with Crippen molar-refractivity contribution in [1.82, 2.24) is 9.55 Å². The van der Waals surface area contributed by atoms with Gasteiger partial charge in [-0.05, 0) is 48.0 Å². The van der Waals surface area contributed by atoms with Gasteiger partial charge in [-0.15, -0.1) is 11.8 Å². The fraction of sp³-hybridized carbons (Fsp3) is 0.0800. The molecule has 7 nitrogen and oxygen atoms in total. The van der Waals surface area contributed by atoms with Crippen LogP contribution in [0.1, 0.15) is 22.8 Å². The number of halogens is 1. The lowest BCUT2D eigenvalue weighted by Crippen LogP contribution is -2.33. The Hall–Kier alpha value is -3.75. The van der Waals surface area contributed by atoms with Crippen molar-refractivity contribution in [2.24, 2.45) is 4.99 Å². The first kappa shape index (κ1) is 22.1. The Kier molecular flexibility index (Phi) is 5.77. The summed E-state index contributed by atoms with van der Waals surface area (Å²) in [6, 6.07) is 20.8. The molecule has 1 aliphatic rings. The first-order valence-corrected chi connectivity index (χ1v) is 11.6. The van der Waals surface area contributed by atoms with Crippen LogP contribution in [-0.2, 0) is 0 Å².